The van der Waals surface area contributed by atoms with E-state index in [4.69, 9.17) is 5.11 Å². The molecular formula is C15H15NO4S. The molecule has 5 nitrogen and oxygen atoms in total. The van der Waals surface area contributed by atoms with E-state index in [2.05, 4.69) is 4.98 Å². The van der Waals surface area contributed by atoms with Gasteiger partial charge in [-0.2, -0.15) is 0 Å². The van der Waals surface area contributed by atoms with E-state index >= 15 is 0 Å². The van der Waals surface area contributed by atoms with Crippen molar-refractivity contribution in [2.75, 3.05) is 0 Å². The average Bonchev–Trinajstić information content (AvgIpc) is 2.42. The Balaban J connectivity index is 2.28. The first-order chi connectivity index (χ1) is 9.79. The van der Waals surface area contributed by atoms with Crippen molar-refractivity contribution in [3.05, 3.63) is 58.9 Å². The minimum absolute atomic E-state index is 0.0299. The number of carboxylic acid groups (broad SMARTS) is 1. The maximum Gasteiger partial charge on any atom is 0.337 e. The summed E-state index contributed by atoms with van der Waals surface area (Å²) >= 11 is 0. The molecule has 0 spiro atoms. The number of aromatic nitrogens is 1. The van der Waals surface area contributed by atoms with Gasteiger partial charge in [-0.15, -0.1) is 0 Å². The molecule has 110 valence electrons. The van der Waals surface area contributed by atoms with Gasteiger partial charge in [0.25, 0.3) is 0 Å². The molecule has 0 aliphatic carbocycles. The maximum atomic E-state index is 12.3. The Labute approximate surface area is 123 Å². The Kier molecular flexibility index (Phi) is 4.09. The fraction of sp³-hybridized carbons (Fsp3) is 0.200. The number of hydrogen-bond donors (Lipinski definition) is 1. The lowest BCUT2D eigenvalue weighted by Crippen LogP contribution is -2.07. The molecule has 0 fully saturated rings. The summed E-state index contributed by atoms with van der Waals surface area (Å²) in [6, 6.07) is 7.74. The van der Waals surface area contributed by atoms with Gasteiger partial charge in [-0.25, -0.2) is 13.2 Å². The van der Waals surface area contributed by atoms with Gasteiger partial charge in [0.1, 0.15) is 0 Å². The van der Waals surface area contributed by atoms with E-state index < -0.39 is 15.8 Å². The van der Waals surface area contributed by atoms with Crippen LogP contribution in [0.2, 0.25) is 0 Å². The largest absolute Gasteiger partial charge is 0.478 e. The summed E-state index contributed by atoms with van der Waals surface area (Å²) in [4.78, 5) is 14.9. The third kappa shape index (κ3) is 3.46. The van der Waals surface area contributed by atoms with Gasteiger partial charge in [-0.05, 0) is 49.2 Å². The molecule has 1 heterocycles. The van der Waals surface area contributed by atoms with Crippen molar-refractivity contribution in [2.24, 2.45) is 0 Å². The molecule has 6 heteroatoms. The zero-order chi connectivity index (χ0) is 15.6. The molecule has 0 aliphatic heterocycles. The first kappa shape index (κ1) is 15.2. The van der Waals surface area contributed by atoms with E-state index in [-0.39, 0.29) is 16.2 Å². The van der Waals surface area contributed by atoms with Crippen molar-refractivity contribution in [3.8, 4) is 0 Å². The van der Waals surface area contributed by atoms with Crippen LogP contribution in [0, 0.1) is 13.8 Å². The topological polar surface area (TPSA) is 84.3 Å². The van der Waals surface area contributed by atoms with E-state index in [1.165, 1.54) is 12.1 Å². The highest BCUT2D eigenvalue weighted by Gasteiger charge is 2.17. The first-order valence-corrected chi connectivity index (χ1v) is 7.93. The molecule has 0 radical (unpaired) electrons. The van der Waals surface area contributed by atoms with Gasteiger partial charge >= 0.3 is 5.97 Å². The Morgan fingerprint density at radius 3 is 2.38 bits per heavy atom. The van der Waals surface area contributed by atoms with Crippen LogP contribution in [0.4, 0.5) is 0 Å². The lowest BCUT2D eigenvalue weighted by atomic mass is 10.1. The van der Waals surface area contributed by atoms with Gasteiger partial charge < -0.3 is 5.11 Å². The van der Waals surface area contributed by atoms with Crippen molar-refractivity contribution < 1.29 is 18.3 Å². The predicted octanol–water partition coefficient (Wildman–Crippen LogP) is 2.37. The van der Waals surface area contributed by atoms with Crippen molar-refractivity contribution in [2.45, 2.75) is 24.5 Å². The van der Waals surface area contributed by atoms with Crippen molar-refractivity contribution in [1.82, 2.24) is 4.98 Å². The highest BCUT2D eigenvalue weighted by Crippen LogP contribution is 2.19. The summed E-state index contributed by atoms with van der Waals surface area (Å²) in [7, 11) is -3.50. The van der Waals surface area contributed by atoms with Crippen molar-refractivity contribution in [1.29, 1.82) is 0 Å². The monoisotopic (exact) mass is 305 g/mol. The fourth-order valence-electron chi connectivity index (χ4n) is 1.82. The Bertz CT molecular complexity index is 780. The van der Waals surface area contributed by atoms with Crippen LogP contribution in [0.1, 0.15) is 27.2 Å². The summed E-state index contributed by atoms with van der Waals surface area (Å²) in [5.74, 6) is -1.35. The van der Waals surface area contributed by atoms with Gasteiger partial charge in [0.05, 0.1) is 21.9 Å². The van der Waals surface area contributed by atoms with Crippen LogP contribution < -0.4 is 0 Å². The summed E-state index contributed by atoms with van der Waals surface area (Å²) in [5, 5.41) is 8.78. The van der Waals surface area contributed by atoms with E-state index in [1.807, 2.05) is 13.8 Å². The number of carbonyl (C=O) groups is 1. The molecular weight excluding hydrogens is 290 g/mol. The van der Waals surface area contributed by atoms with Crippen LogP contribution in [-0.2, 0) is 15.6 Å². The molecule has 1 aromatic carbocycles. The lowest BCUT2D eigenvalue weighted by molar-refractivity contribution is 0.0696. The SMILES string of the molecule is Cc1ccc(S(=O)(=O)Cc2ccc(C(=O)O)cn2)cc1C. The van der Waals surface area contributed by atoms with Crippen LogP contribution in [0.15, 0.2) is 41.4 Å². The Hall–Kier alpha value is -2.21. The van der Waals surface area contributed by atoms with Crippen LogP contribution >= 0.6 is 0 Å². The first-order valence-electron chi connectivity index (χ1n) is 6.28. The molecule has 1 aromatic heterocycles. The number of aryl methyl sites for hydroxylation is 2. The number of aromatic carboxylic acids is 1. The van der Waals surface area contributed by atoms with Crippen molar-refractivity contribution in [3.63, 3.8) is 0 Å². The number of sulfone groups is 1. The standard InChI is InChI=1S/C15H15NO4S/c1-10-3-6-14(7-11(10)2)21(19,20)9-13-5-4-12(8-16-13)15(17)18/h3-8H,9H2,1-2H3,(H,17,18). The molecule has 0 unspecified atom stereocenters. The van der Waals surface area contributed by atoms with Gasteiger partial charge in [0.2, 0.25) is 0 Å². The molecule has 0 atom stereocenters. The highest BCUT2D eigenvalue weighted by molar-refractivity contribution is 7.90. The molecule has 1 N–H and O–H groups in total. The second-order valence-electron chi connectivity index (χ2n) is 4.85. The zero-order valence-electron chi connectivity index (χ0n) is 11.7. The summed E-state index contributed by atoms with van der Waals surface area (Å²) in [6.45, 7) is 3.77. The average molecular weight is 305 g/mol. The normalized spacial score (nSPS) is 11.3. The lowest BCUT2D eigenvalue weighted by Gasteiger charge is -2.07. The molecule has 2 aromatic rings. The number of pyridine rings is 1. The number of rotatable bonds is 4. The van der Waals surface area contributed by atoms with Gasteiger partial charge in [-0.1, -0.05) is 6.07 Å². The van der Waals surface area contributed by atoms with Crippen LogP contribution in [-0.4, -0.2) is 24.5 Å². The minimum atomic E-state index is -3.50. The third-order valence-corrected chi connectivity index (χ3v) is 4.90. The smallest absolute Gasteiger partial charge is 0.337 e. The highest BCUT2D eigenvalue weighted by atomic mass is 32.2. The molecule has 0 bridgehead atoms. The third-order valence-electron chi connectivity index (χ3n) is 3.25. The molecule has 21 heavy (non-hydrogen) atoms. The van der Waals surface area contributed by atoms with Crippen LogP contribution in [0.3, 0.4) is 0 Å². The number of carboxylic acids is 1. The van der Waals surface area contributed by atoms with Crippen molar-refractivity contribution >= 4 is 15.8 Å². The minimum Gasteiger partial charge on any atom is -0.478 e. The fourth-order valence-corrected chi connectivity index (χ4v) is 3.18. The molecule has 0 saturated carbocycles. The summed E-state index contributed by atoms with van der Waals surface area (Å²) in [5.41, 5.74) is 2.28. The Morgan fingerprint density at radius 1 is 1.14 bits per heavy atom. The van der Waals surface area contributed by atoms with E-state index in [0.717, 1.165) is 17.3 Å². The molecule has 0 amide bonds. The van der Waals surface area contributed by atoms with Crippen LogP contribution in [0.5, 0.6) is 0 Å². The number of hydrogen-bond acceptors (Lipinski definition) is 4. The second kappa shape index (κ2) is 5.65. The van der Waals surface area contributed by atoms with E-state index in [0.29, 0.717) is 5.69 Å². The number of nitrogens with zero attached hydrogens (tertiary/aromatic N) is 1. The molecule has 0 aliphatic rings. The zero-order valence-corrected chi connectivity index (χ0v) is 12.5. The maximum absolute atomic E-state index is 12.3. The molecule has 2 rings (SSSR count). The predicted molar refractivity (Wildman–Crippen MR) is 78.0 cm³/mol. The van der Waals surface area contributed by atoms with E-state index in [9.17, 15) is 13.2 Å². The summed E-state index contributed by atoms with van der Waals surface area (Å²) < 4.78 is 24.7. The Morgan fingerprint density at radius 2 is 1.86 bits per heavy atom. The van der Waals surface area contributed by atoms with E-state index in [1.54, 1.807) is 18.2 Å². The summed E-state index contributed by atoms with van der Waals surface area (Å²) in [6.07, 6.45) is 1.16. The van der Waals surface area contributed by atoms with Gasteiger partial charge in [0, 0.05) is 6.20 Å². The van der Waals surface area contributed by atoms with Crippen LogP contribution in [0.25, 0.3) is 0 Å². The van der Waals surface area contributed by atoms with Gasteiger partial charge in [0.15, 0.2) is 9.84 Å². The molecule has 0 saturated heterocycles. The quantitative estimate of drug-likeness (QED) is 0.937. The second-order valence-corrected chi connectivity index (χ2v) is 6.84. The number of benzene rings is 1. The van der Waals surface area contributed by atoms with Gasteiger partial charge in [-0.3, -0.25) is 4.98 Å².